The van der Waals surface area contributed by atoms with Crippen molar-refractivity contribution in [3.63, 3.8) is 0 Å². The molecule has 0 saturated heterocycles. The van der Waals surface area contributed by atoms with Crippen LogP contribution in [0, 0.1) is 5.82 Å². The average Bonchev–Trinajstić information content (AvgIpc) is 2.41. The summed E-state index contributed by atoms with van der Waals surface area (Å²) in [5.41, 5.74) is 4.87. The van der Waals surface area contributed by atoms with Crippen molar-refractivity contribution in [1.82, 2.24) is 10.2 Å². The number of sulfonamides is 1. The van der Waals surface area contributed by atoms with E-state index in [1.165, 1.54) is 13.2 Å². The van der Waals surface area contributed by atoms with Crippen LogP contribution in [0.2, 0.25) is 0 Å². The minimum Gasteiger partial charge on any atom is -0.492 e. The number of aromatic amines is 1. The van der Waals surface area contributed by atoms with Gasteiger partial charge in [0, 0.05) is 6.07 Å². The van der Waals surface area contributed by atoms with Crippen molar-refractivity contribution >= 4 is 21.5 Å². The fourth-order valence-electron chi connectivity index (χ4n) is 1.56. The first-order valence-electron chi connectivity index (χ1n) is 5.55. The maximum atomic E-state index is 13.7. The highest BCUT2D eigenvalue weighted by molar-refractivity contribution is 7.92. The van der Waals surface area contributed by atoms with Gasteiger partial charge in [-0.05, 0) is 18.2 Å². The number of nitrogens with zero attached hydrogens (tertiary/aromatic N) is 1. The van der Waals surface area contributed by atoms with Crippen molar-refractivity contribution in [2.24, 2.45) is 0 Å². The first-order valence-corrected chi connectivity index (χ1v) is 7.03. The third-order valence-corrected chi connectivity index (χ3v) is 3.81. The summed E-state index contributed by atoms with van der Waals surface area (Å²) < 4.78 is 44.6. The van der Waals surface area contributed by atoms with Crippen LogP contribution < -0.4 is 20.8 Å². The Morgan fingerprint density at radius 1 is 1.38 bits per heavy atom. The molecule has 0 unspecified atom stereocenters. The Labute approximate surface area is 118 Å². The number of ether oxygens (including phenoxy) is 1. The summed E-state index contributed by atoms with van der Waals surface area (Å²) in [5.74, 6) is -1.27. The van der Waals surface area contributed by atoms with Crippen LogP contribution >= 0.6 is 0 Å². The summed E-state index contributed by atoms with van der Waals surface area (Å²) in [6.07, 6.45) is 0. The number of anilines is 2. The molecule has 0 saturated carbocycles. The number of halogens is 1. The van der Waals surface area contributed by atoms with Crippen molar-refractivity contribution in [3.8, 4) is 5.75 Å². The molecular weight excluding hydrogens is 303 g/mol. The number of methoxy groups -OCH3 is 1. The Bertz CT molecular complexity index is 791. The van der Waals surface area contributed by atoms with E-state index in [2.05, 4.69) is 14.9 Å². The van der Waals surface area contributed by atoms with Gasteiger partial charge in [-0.2, -0.15) is 5.10 Å². The second-order valence-corrected chi connectivity index (χ2v) is 5.62. The summed E-state index contributed by atoms with van der Waals surface area (Å²) >= 11 is 0. The van der Waals surface area contributed by atoms with Gasteiger partial charge >= 0.3 is 0 Å². The molecule has 1 aromatic carbocycles. The molecule has 112 valence electrons. The first-order chi connectivity index (χ1) is 9.83. The molecule has 21 heavy (non-hydrogen) atoms. The molecule has 0 bridgehead atoms. The Kier molecular flexibility index (Phi) is 3.80. The van der Waals surface area contributed by atoms with E-state index < -0.39 is 26.3 Å². The normalized spacial score (nSPS) is 11.1. The molecule has 2 rings (SSSR count). The van der Waals surface area contributed by atoms with Crippen LogP contribution in [0.25, 0.3) is 0 Å². The molecule has 0 aliphatic heterocycles. The quantitative estimate of drug-likeness (QED) is 0.697. The molecule has 0 atom stereocenters. The fourth-order valence-corrected chi connectivity index (χ4v) is 2.60. The Hall–Kier alpha value is -2.62. The lowest BCUT2D eigenvalue weighted by molar-refractivity contribution is 0.388. The van der Waals surface area contributed by atoms with E-state index in [1.807, 2.05) is 0 Å². The van der Waals surface area contributed by atoms with Gasteiger partial charge in [0.2, 0.25) is 0 Å². The molecule has 0 amide bonds. The van der Waals surface area contributed by atoms with Crippen molar-refractivity contribution in [3.05, 3.63) is 40.4 Å². The third kappa shape index (κ3) is 3.11. The van der Waals surface area contributed by atoms with E-state index in [0.29, 0.717) is 0 Å². The summed E-state index contributed by atoms with van der Waals surface area (Å²) in [7, 11) is -2.89. The monoisotopic (exact) mass is 314 g/mol. The largest absolute Gasteiger partial charge is 0.492 e. The van der Waals surface area contributed by atoms with E-state index >= 15 is 0 Å². The molecule has 0 fully saturated rings. The van der Waals surface area contributed by atoms with Crippen LogP contribution in [0.5, 0.6) is 5.75 Å². The molecule has 1 heterocycles. The molecule has 0 aliphatic carbocycles. The van der Waals surface area contributed by atoms with Gasteiger partial charge in [0.1, 0.15) is 0 Å². The van der Waals surface area contributed by atoms with Crippen LogP contribution in [0.15, 0.2) is 34.0 Å². The van der Waals surface area contributed by atoms with Crippen molar-refractivity contribution in [2.45, 2.75) is 4.90 Å². The summed E-state index contributed by atoms with van der Waals surface area (Å²) in [4.78, 5) is 10.4. The number of nitrogens with one attached hydrogen (secondary N) is 2. The number of hydrogen-bond donors (Lipinski definition) is 3. The van der Waals surface area contributed by atoms with Crippen LogP contribution in [0.1, 0.15) is 0 Å². The van der Waals surface area contributed by atoms with Gasteiger partial charge in [-0.1, -0.05) is 0 Å². The SMILES string of the molecule is COc1c(N)cc(S(=O)(=O)Nc2ccc(=O)[nH]n2)cc1F. The minimum atomic E-state index is -4.11. The minimum absolute atomic E-state index is 0.121. The summed E-state index contributed by atoms with van der Waals surface area (Å²) in [5, 5.41) is 5.55. The van der Waals surface area contributed by atoms with Crippen molar-refractivity contribution < 1.29 is 17.5 Å². The van der Waals surface area contributed by atoms with Gasteiger partial charge in [0.05, 0.1) is 17.7 Å². The molecule has 1 aromatic heterocycles. The van der Waals surface area contributed by atoms with E-state index in [0.717, 1.165) is 18.2 Å². The Balaban J connectivity index is 2.40. The van der Waals surface area contributed by atoms with E-state index in [-0.39, 0.29) is 17.3 Å². The second kappa shape index (κ2) is 5.40. The zero-order valence-corrected chi connectivity index (χ0v) is 11.6. The Morgan fingerprint density at radius 2 is 2.10 bits per heavy atom. The summed E-state index contributed by atoms with van der Waals surface area (Å²) in [6, 6.07) is 4.08. The van der Waals surface area contributed by atoms with E-state index in [9.17, 15) is 17.6 Å². The summed E-state index contributed by atoms with van der Waals surface area (Å²) in [6.45, 7) is 0. The highest BCUT2D eigenvalue weighted by Crippen LogP contribution is 2.29. The highest BCUT2D eigenvalue weighted by atomic mass is 32.2. The number of hydrogen-bond acceptors (Lipinski definition) is 6. The standard InChI is InChI=1S/C11H11FN4O4S/c1-20-11-7(12)4-6(5-8(11)13)21(18,19)16-9-2-3-10(17)15-14-9/h2-5H,13H2,1H3,(H,14,16)(H,15,17). The maximum Gasteiger partial charge on any atom is 0.264 e. The van der Waals surface area contributed by atoms with Crippen molar-refractivity contribution in [1.29, 1.82) is 0 Å². The average molecular weight is 314 g/mol. The first kappa shape index (κ1) is 14.8. The number of nitrogens with two attached hydrogens (primary N) is 1. The fraction of sp³-hybridized carbons (Fsp3) is 0.0909. The molecule has 10 heteroatoms. The van der Waals surface area contributed by atoms with Gasteiger partial charge in [-0.3, -0.25) is 9.52 Å². The van der Waals surface area contributed by atoms with Gasteiger partial charge < -0.3 is 10.5 Å². The Morgan fingerprint density at radius 3 is 2.62 bits per heavy atom. The van der Waals surface area contributed by atoms with Gasteiger partial charge in [-0.25, -0.2) is 17.9 Å². The zero-order valence-electron chi connectivity index (χ0n) is 10.8. The number of rotatable bonds is 4. The van der Waals surface area contributed by atoms with Gasteiger partial charge in [0.25, 0.3) is 15.6 Å². The lowest BCUT2D eigenvalue weighted by Gasteiger charge is -2.10. The van der Waals surface area contributed by atoms with Gasteiger partial charge in [-0.15, -0.1) is 0 Å². The number of nitrogen functional groups attached to an aromatic ring is 1. The molecular formula is C11H11FN4O4S. The lowest BCUT2D eigenvalue weighted by Crippen LogP contribution is -2.17. The lowest BCUT2D eigenvalue weighted by atomic mass is 10.3. The van der Waals surface area contributed by atoms with Crippen LogP contribution in [0.4, 0.5) is 15.9 Å². The molecule has 0 radical (unpaired) electrons. The number of aromatic nitrogens is 2. The molecule has 2 aromatic rings. The molecule has 4 N–H and O–H groups in total. The third-order valence-electron chi connectivity index (χ3n) is 2.48. The number of H-pyrrole nitrogens is 1. The number of benzene rings is 1. The van der Waals surface area contributed by atoms with Gasteiger partial charge in [0.15, 0.2) is 17.4 Å². The van der Waals surface area contributed by atoms with Crippen LogP contribution in [-0.4, -0.2) is 25.7 Å². The second-order valence-electron chi connectivity index (χ2n) is 3.94. The predicted molar refractivity (Wildman–Crippen MR) is 73.0 cm³/mol. The topological polar surface area (TPSA) is 127 Å². The maximum absolute atomic E-state index is 13.7. The van der Waals surface area contributed by atoms with Crippen LogP contribution in [0.3, 0.4) is 0 Å². The molecule has 0 aliphatic rings. The molecule has 0 spiro atoms. The smallest absolute Gasteiger partial charge is 0.264 e. The highest BCUT2D eigenvalue weighted by Gasteiger charge is 2.19. The van der Waals surface area contributed by atoms with E-state index in [1.54, 1.807) is 0 Å². The zero-order chi connectivity index (χ0) is 15.6. The predicted octanol–water partition coefficient (Wildman–Crippen LogP) is 0.301. The van der Waals surface area contributed by atoms with E-state index in [4.69, 9.17) is 10.5 Å². The van der Waals surface area contributed by atoms with Crippen LogP contribution in [-0.2, 0) is 10.0 Å². The molecule has 8 nitrogen and oxygen atoms in total. The van der Waals surface area contributed by atoms with Crippen molar-refractivity contribution in [2.75, 3.05) is 17.6 Å².